The molecule has 0 aliphatic carbocycles. The molecular formula is C13H7F5NNaO4S. The van der Waals surface area contributed by atoms with Crippen LogP contribution in [-0.2, 0) is 10.0 Å². The Bertz CT molecular complexity index is 894. The summed E-state index contributed by atoms with van der Waals surface area (Å²) < 4.78 is 97.8. The van der Waals surface area contributed by atoms with Gasteiger partial charge in [0, 0.05) is 0 Å². The third kappa shape index (κ3) is 4.00. The van der Waals surface area contributed by atoms with Crippen LogP contribution in [0.25, 0.3) is 4.72 Å². The van der Waals surface area contributed by atoms with E-state index in [1.807, 2.05) is 0 Å². The number of hydrogen-bond acceptors (Lipinski definition) is 4. The summed E-state index contributed by atoms with van der Waals surface area (Å²) in [7, 11) is -4.09. The molecule has 0 aliphatic heterocycles. The zero-order chi connectivity index (χ0) is 18.2. The van der Waals surface area contributed by atoms with Crippen molar-refractivity contribution in [3.8, 4) is 11.5 Å². The maximum absolute atomic E-state index is 13.6. The number of phenolic OH excluding ortho intramolecular Hbond substituents is 1. The van der Waals surface area contributed by atoms with Crippen molar-refractivity contribution in [2.45, 2.75) is 4.90 Å². The van der Waals surface area contributed by atoms with E-state index in [0.717, 1.165) is 18.2 Å². The van der Waals surface area contributed by atoms with Crippen molar-refractivity contribution < 1.29 is 69.8 Å². The first-order valence-electron chi connectivity index (χ1n) is 5.96. The number of benzene rings is 2. The van der Waals surface area contributed by atoms with Gasteiger partial charge in [-0.05, 0) is 12.1 Å². The molecule has 0 atom stereocenters. The van der Waals surface area contributed by atoms with Crippen molar-refractivity contribution in [2.75, 3.05) is 7.11 Å². The van der Waals surface area contributed by atoms with Gasteiger partial charge in [-0.2, -0.15) is 0 Å². The van der Waals surface area contributed by atoms with Gasteiger partial charge in [-0.3, -0.25) is 0 Å². The monoisotopic (exact) mass is 391 g/mol. The maximum Gasteiger partial charge on any atom is 1.00 e. The van der Waals surface area contributed by atoms with Gasteiger partial charge in [-0.25, -0.2) is 30.4 Å². The SMILES string of the molecule is COc1ccc([N-]S(=O)(=O)c2c(F)c(F)c(F)c(F)c2F)cc1O.[Na+]. The minimum absolute atomic E-state index is 0. The average Bonchev–Trinajstić information content (AvgIpc) is 2.50. The summed E-state index contributed by atoms with van der Waals surface area (Å²) in [5, 5.41) is 9.49. The number of hydrogen-bond donors (Lipinski definition) is 1. The molecule has 130 valence electrons. The van der Waals surface area contributed by atoms with Crippen LogP contribution in [0.4, 0.5) is 27.6 Å². The summed E-state index contributed by atoms with van der Waals surface area (Å²) in [5.41, 5.74) is -0.516. The smallest absolute Gasteiger partial charge is 0.572 e. The molecule has 0 bridgehead atoms. The Kier molecular flexibility index (Phi) is 6.68. The Hall–Kier alpha value is -1.56. The Morgan fingerprint density at radius 2 is 1.44 bits per heavy atom. The molecule has 0 radical (unpaired) electrons. The summed E-state index contributed by atoms with van der Waals surface area (Å²) in [5.74, 6) is -13.0. The van der Waals surface area contributed by atoms with Crippen molar-refractivity contribution in [1.82, 2.24) is 0 Å². The molecule has 0 heterocycles. The van der Waals surface area contributed by atoms with E-state index >= 15 is 0 Å². The summed E-state index contributed by atoms with van der Waals surface area (Å²) in [4.78, 5) is -2.09. The molecule has 0 amide bonds. The summed E-state index contributed by atoms with van der Waals surface area (Å²) in [6.45, 7) is 0. The van der Waals surface area contributed by atoms with E-state index in [1.165, 1.54) is 7.11 Å². The van der Waals surface area contributed by atoms with Gasteiger partial charge < -0.3 is 14.6 Å². The fourth-order valence-electron chi connectivity index (χ4n) is 1.73. The van der Waals surface area contributed by atoms with Crippen molar-refractivity contribution in [1.29, 1.82) is 0 Å². The molecule has 0 unspecified atom stereocenters. The maximum atomic E-state index is 13.6. The van der Waals surface area contributed by atoms with Crippen LogP contribution in [0.1, 0.15) is 0 Å². The van der Waals surface area contributed by atoms with Gasteiger partial charge in [0.2, 0.25) is 5.82 Å². The number of halogens is 5. The number of nitrogens with zero attached hydrogens (tertiary/aromatic N) is 1. The second kappa shape index (κ2) is 7.77. The van der Waals surface area contributed by atoms with Gasteiger partial charge in [-0.1, -0.05) is 6.07 Å². The number of aromatic hydroxyl groups is 1. The van der Waals surface area contributed by atoms with Gasteiger partial charge in [0.05, 0.1) is 7.11 Å². The first-order valence-corrected chi connectivity index (χ1v) is 7.40. The first-order chi connectivity index (χ1) is 11.1. The Morgan fingerprint density at radius 1 is 0.960 bits per heavy atom. The molecule has 1 N–H and O–H groups in total. The third-order valence-electron chi connectivity index (χ3n) is 2.82. The fourth-order valence-corrected chi connectivity index (χ4v) is 2.85. The molecule has 2 aromatic carbocycles. The van der Waals surface area contributed by atoms with Crippen LogP contribution in [0.3, 0.4) is 0 Å². The fraction of sp³-hybridized carbons (Fsp3) is 0.0769. The molecule has 12 heteroatoms. The number of methoxy groups -OCH3 is 1. The number of ether oxygens (including phenoxy) is 1. The van der Waals surface area contributed by atoms with Crippen LogP contribution in [0, 0.1) is 29.1 Å². The van der Waals surface area contributed by atoms with Crippen molar-refractivity contribution >= 4 is 15.7 Å². The summed E-state index contributed by atoms with van der Waals surface area (Å²) >= 11 is 0. The average molecular weight is 391 g/mol. The van der Waals surface area contributed by atoms with Crippen LogP contribution in [0.2, 0.25) is 0 Å². The molecule has 2 rings (SSSR count). The van der Waals surface area contributed by atoms with Gasteiger partial charge in [0.15, 0.2) is 34.8 Å². The quantitative estimate of drug-likeness (QED) is 0.356. The molecule has 0 aliphatic rings. The Balaban J connectivity index is 0.00000312. The van der Waals surface area contributed by atoms with E-state index < -0.39 is 55.4 Å². The molecule has 0 saturated carbocycles. The van der Waals surface area contributed by atoms with E-state index in [0.29, 0.717) is 0 Å². The van der Waals surface area contributed by atoms with Crippen molar-refractivity contribution in [3.05, 3.63) is 52.0 Å². The Labute approximate surface area is 160 Å². The van der Waals surface area contributed by atoms with Gasteiger partial charge in [0.25, 0.3) is 0 Å². The predicted octanol–water partition coefficient (Wildman–Crippen LogP) is 0.494. The zero-order valence-electron chi connectivity index (χ0n) is 12.6. The number of sulfonamides is 1. The van der Waals surface area contributed by atoms with Crippen molar-refractivity contribution in [2.24, 2.45) is 0 Å². The molecule has 5 nitrogen and oxygen atoms in total. The number of phenols is 1. The second-order valence-corrected chi connectivity index (χ2v) is 5.86. The second-order valence-electron chi connectivity index (χ2n) is 4.32. The van der Waals surface area contributed by atoms with Gasteiger partial charge >= 0.3 is 29.6 Å². The minimum atomic E-state index is -5.30. The molecule has 25 heavy (non-hydrogen) atoms. The van der Waals surface area contributed by atoms with Gasteiger partial charge in [-0.15, -0.1) is 5.69 Å². The topological polar surface area (TPSA) is 77.7 Å². The molecular weight excluding hydrogens is 384 g/mol. The third-order valence-corrected chi connectivity index (χ3v) is 4.14. The van der Waals surface area contributed by atoms with E-state index in [1.54, 1.807) is 0 Å². The Morgan fingerprint density at radius 3 is 1.88 bits per heavy atom. The normalized spacial score (nSPS) is 11.0. The molecule has 0 spiro atoms. The van der Waals surface area contributed by atoms with Gasteiger partial charge in [0.1, 0.15) is 14.9 Å². The van der Waals surface area contributed by atoms with E-state index in [-0.39, 0.29) is 35.3 Å². The molecule has 0 saturated heterocycles. The van der Waals surface area contributed by atoms with Crippen LogP contribution in [0.15, 0.2) is 23.1 Å². The molecule has 0 aromatic heterocycles. The standard InChI is InChI=1S/C13H7F5NO4S.Na/c1-23-7-3-2-5(4-6(7)20)19-24(21,22)13-11(17)9(15)8(14)10(16)12(13)18;/h2-4,20H,1H3;/q-1;+1. The zero-order valence-corrected chi connectivity index (χ0v) is 15.5. The van der Waals surface area contributed by atoms with E-state index in [4.69, 9.17) is 4.74 Å². The minimum Gasteiger partial charge on any atom is -0.572 e. The molecule has 0 fully saturated rings. The van der Waals surface area contributed by atoms with Crippen molar-refractivity contribution in [3.63, 3.8) is 0 Å². The number of rotatable bonds is 4. The van der Waals surface area contributed by atoms with E-state index in [9.17, 15) is 35.5 Å². The largest absolute Gasteiger partial charge is 1.00 e. The predicted molar refractivity (Wildman–Crippen MR) is 71.1 cm³/mol. The summed E-state index contributed by atoms with van der Waals surface area (Å²) in [6, 6.07) is 2.84. The first kappa shape index (κ1) is 21.5. The van der Waals surface area contributed by atoms with Crippen LogP contribution >= 0.6 is 0 Å². The van der Waals surface area contributed by atoms with Crippen LogP contribution in [-0.4, -0.2) is 20.6 Å². The van der Waals surface area contributed by atoms with Crippen LogP contribution in [0.5, 0.6) is 11.5 Å². The summed E-state index contributed by atoms with van der Waals surface area (Å²) in [6.07, 6.45) is 0. The van der Waals surface area contributed by atoms with Crippen LogP contribution < -0.4 is 34.3 Å². The van der Waals surface area contributed by atoms with E-state index in [2.05, 4.69) is 4.72 Å². The molecule has 2 aromatic rings.